The van der Waals surface area contributed by atoms with Gasteiger partial charge in [-0.25, -0.2) is 4.79 Å². The monoisotopic (exact) mass is 287 g/mol. The predicted molar refractivity (Wildman–Crippen MR) is 73.4 cm³/mol. The van der Waals surface area contributed by atoms with E-state index in [1.807, 2.05) is 27.7 Å². The van der Waals surface area contributed by atoms with E-state index in [0.717, 1.165) is 0 Å². The van der Waals surface area contributed by atoms with Crippen LogP contribution < -0.4 is 5.32 Å². The molecule has 116 valence electrons. The highest BCUT2D eigenvalue weighted by Crippen LogP contribution is 2.33. The Bertz CT molecular complexity index is 350. The van der Waals surface area contributed by atoms with Gasteiger partial charge in [-0.2, -0.15) is 0 Å². The molecule has 0 saturated heterocycles. The Morgan fingerprint density at radius 2 is 2.05 bits per heavy atom. The summed E-state index contributed by atoms with van der Waals surface area (Å²) in [4.78, 5) is 23.0. The highest BCUT2D eigenvalue weighted by Gasteiger charge is 2.44. The lowest BCUT2D eigenvalue weighted by Gasteiger charge is -2.21. The van der Waals surface area contributed by atoms with Crippen LogP contribution >= 0.6 is 0 Å². The van der Waals surface area contributed by atoms with Crippen LogP contribution in [0.1, 0.15) is 40.5 Å². The third-order valence-electron chi connectivity index (χ3n) is 3.01. The van der Waals surface area contributed by atoms with Gasteiger partial charge in [0.25, 0.3) is 0 Å². The van der Waals surface area contributed by atoms with Crippen molar-refractivity contribution in [3.63, 3.8) is 0 Å². The van der Waals surface area contributed by atoms with Crippen LogP contribution in [-0.4, -0.2) is 47.9 Å². The van der Waals surface area contributed by atoms with Gasteiger partial charge in [0.1, 0.15) is 6.04 Å². The molecule has 3 atom stereocenters. The van der Waals surface area contributed by atoms with Crippen LogP contribution in [0.4, 0.5) is 0 Å². The van der Waals surface area contributed by atoms with E-state index in [1.165, 1.54) is 0 Å². The number of nitrogens with one attached hydrogen (secondary N) is 1. The van der Waals surface area contributed by atoms with Gasteiger partial charge in [0, 0.05) is 19.6 Å². The fraction of sp³-hybridized carbons (Fsp3) is 0.857. The summed E-state index contributed by atoms with van der Waals surface area (Å²) in [6.07, 6.45) is 0.870. The Labute approximate surface area is 119 Å². The second-order valence-electron chi connectivity index (χ2n) is 5.98. The molecule has 1 rings (SSSR count). The molecular weight excluding hydrogens is 262 g/mol. The molecule has 1 aliphatic carbocycles. The second kappa shape index (κ2) is 7.04. The van der Waals surface area contributed by atoms with Gasteiger partial charge in [-0.1, -0.05) is 0 Å². The van der Waals surface area contributed by atoms with E-state index in [2.05, 4.69) is 5.32 Å². The lowest BCUT2D eigenvalue weighted by atomic mass is 10.1. The van der Waals surface area contributed by atoms with Crippen LogP contribution in [0, 0.1) is 5.92 Å². The van der Waals surface area contributed by atoms with E-state index < -0.39 is 12.0 Å². The Kier molecular flexibility index (Phi) is 5.95. The minimum atomic E-state index is -1.04. The number of amides is 1. The first-order chi connectivity index (χ1) is 9.24. The zero-order valence-corrected chi connectivity index (χ0v) is 12.6. The van der Waals surface area contributed by atoms with E-state index in [0.29, 0.717) is 19.6 Å². The summed E-state index contributed by atoms with van der Waals surface area (Å²) in [6, 6.07) is -0.910. The molecule has 0 aliphatic heterocycles. The molecule has 0 heterocycles. The summed E-state index contributed by atoms with van der Waals surface area (Å²) >= 11 is 0. The maximum atomic E-state index is 11.9. The Balaban J connectivity index is 2.36. The van der Waals surface area contributed by atoms with Gasteiger partial charge in [0.2, 0.25) is 5.91 Å². The molecule has 6 heteroatoms. The molecule has 1 aliphatic rings. The van der Waals surface area contributed by atoms with E-state index in [4.69, 9.17) is 14.6 Å². The van der Waals surface area contributed by atoms with Crippen LogP contribution in [0.15, 0.2) is 0 Å². The molecule has 1 saturated carbocycles. The van der Waals surface area contributed by atoms with Crippen molar-refractivity contribution < 1.29 is 24.2 Å². The van der Waals surface area contributed by atoms with Crippen molar-refractivity contribution in [2.24, 2.45) is 5.92 Å². The van der Waals surface area contributed by atoms with E-state index in [-0.39, 0.29) is 30.0 Å². The molecule has 0 aromatic rings. The molecule has 1 amide bonds. The first kappa shape index (κ1) is 16.9. The molecule has 0 bridgehead atoms. The van der Waals surface area contributed by atoms with Crippen molar-refractivity contribution >= 4 is 11.9 Å². The average molecular weight is 287 g/mol. The number of ether oxygens (including phenoxy) is 2. The van der Waals surface area contributed by atoms with Gasteiger partial charge in [-0.05, 0) is 34.1 Å². The zero-order chi connectivity index (χ0) is 15.3. The van der Waals surface area contributed by atoms with Crippen molar-refractivity contribution in [1.82, 2.24) is 5.32 Å². The normalized spacial score (nSPS) is 23.2. The quantitative estimate of drug-likeness (QED) is 0.700. The number of carboxylic acids is 1. The first-order valence-electron chi connectivity index (χ1n) is 7.03. The molecule has 2 N–H and O–H groups in total. The number of carbonyl (C=O) groups is 2. The van der Waals surface area contributed by atoms with Gasteiger partial charge < -0.3 is 19.9 Å². The fourth-order valence-electron chi connectivity index (χ4n) is 1.86. The number of aliphatic carboxylic acids is 1. The van der Waals surface area contributed by atoms with Gasteiger partial charge in [0.05, 0.1) is 17.6 Å². The van der Waals surface area contributed by atoms with Crippen molar-refractivity contribution in [2.75, 3.05) is 13.2 Å². The Morgan fingerprint density at radius 1 is 1.40 bits per heavy atom. The Hall–Kier alpha value is -1.14. The molecule has 1 fully saturated rings. The van der Waals surface area contributed by atoms with Crippen molar-refractivity contribution in [1.29, 1.82) is 0 Å². The maximum Gasteiger partial charge on any atom is 0.326 e. The summed E-state index contributed by atoms with van der Waals surface area (Å²) in [7, 11) is 0. The van der Waals surface area contributed by atoms with E-state index in [9.17, 15) is 9.59 Å². The third-order valence-corrected chi connectivity index (χ3v) is 3.01. The summed E-state index contributed by atoms with van der Waals surface area (Å²) in [5.74, 6) is -1.49. The number of hydrogen-bond donors (Lipinski definition) is 2. The number of rotatable bonds is 8. The number of carbonyl (C=O) groups excluding carboxylic acids is 1. The van der Waals surface area contributed by atoms with Gasteiger partial charge in [0.15, 0.2) is 0 Å². The molecule has 20 heavy (non-hydrogen) atoms. The zero-order valence-electron chi connectivity index (χ0n) is 12.6. The largest absolute Gasteiger partial charge is 0.480 e. The number of hydrogen-bond acceptors (Lipinski definition) is 4. The summed E-state index contributed by atoms with van der Waals surface area (Å²) in [6.45, 7) is 8.43. The lowest BCUT2D eigenvalue weighted by Crippen LogP contribution is -2.43. The third kappa shape index (κ3) is 5.88. The summed E-state index contributed by atoms with van der Waals surface area (Å²) in [5, 5.41) is 11.7. The molecular formula is C14H25NO5. The Morgan fingerprint density at radius 3 is 2.55 bits per heavy atom. The summed E-state index contributed by atoms with van der Waals surface area (Å²) in [5.41, 5.74) is -0.316. The van der Waals surface area contributed by atoms with Crippen molar-refractivity contribution in [2.45, 2.75) is 58.3 Å². The van der Waals surface area contributed by atoms with Crippen molar-refractivity contribution in [3.8, 4) is 0 Å². The van der Waals surface area contributed by atoms with Crippen LogP contribution in [-0.2, 0) is 19.1 Å². The topological polar surface area (TPSA) is 84.9 Å². The predicted octanol–water partition coefficient (Wildman–Crippen LogP) is 1.19. The van der Waals surface area contributed by atoms with Crippen LogP contribution in [0.3, 0.4) is 0 Å². The SMILES string of the molecule is CCOC1CC1C(=O)NC(CCOC(C)(C)C)C(=O)O. The highest BCUT2D eigenvalue weighted by atomic mass is 16.5. The van der Waals surface area contributed by atoms with Gasteiger partial charge >= 0.3 is 5.97 Å². The molecule has 0 aromatic carbocycles. The lowest BCUT2D eigenvalue weighted by molar-refractivity contribution is -0.143. The fourth-order valence-corrected chi connectivity index (χ4v) is 1.86. The minimum absolute atomic E-state index is 0.0553. The number of carboxylic acid groups (broad SMARTS) is 1. The molecule has 3 unspecified atom stereocenters. The average Bonchev–Trinajstić information content (AvgIpc) is 3.05. The van der Waals surface area contributed by atoms with Crippen LogP contribution in [0.5, 0.6) is 0 Å². The minimum Gasteiger partial charge on any atom is -0.480 e. The second-order valence-corrected chi connectivity index (χ2v) is 5.98. The smallest absolute Gasteiger partial charge is 0.326 e. The maximum absolute atomic E-state index is 11.9. The van der Waals surface area contributed by atoms with Gasteiger partial charge in [-0.3, -0.25) is 4.79 Å². The standard InChI is InChI=1S/C14H25NO5/c1-5-19-11-8-9(11)12(16)15-10(13(17)18)6-7-20-14(2,3)4/h9-11H,5-8H2,1-4H3,(H,15,16)(H,17,18). The highest BCUT2D eigenvalue weighted by molar-refractivity contribution is 5.87. The van der Waals surface area contributed by atoms with Crippen LogP contribution in [0.2, 0.25) is 0 Å². The molecule has 6 nitrogen and oxygen atoms in total. The van der Waals surface area contributed by atoms with Gasteiger partial charge in [-0.15, -0.1) is 0 Å². The van der Waals surface area contributed by atoms with Crippen LogP contribution in [0.25, 0.3) is 0 Å². The van der Waals surface area contributed by atoms with E-state index in [1.54, 1.807) is 0 Å². The first-order valence-corrected chi connectivity index (χ1v) is 7.03. The molecule has 0 aromatic heterocycles. The van der Waals surface area contributed by atoms with Crippen molar-refractivity contribution in [3.05, 3.63) is 0 Å². The van der Waals surface area contributed by atoms with E-state index >= 15 is 0 Å². The molecule has 0 radical (unpaired) electrons. The molecule has 0 spiro atoms. The summed E-state index contributed by atoms with van der Waals surface area (Å²) < 4.78 is 10.8.